The van der Waals surface area contributed by atoms with E-state index in [4.69, 9.17) is 9.84 Å². The summed E-state index contributed by atoms with van der Waals surface area (Å²) in [6.45, 7) is 11.0. The number of aliphatic hydroxyl groups excluding tert-OH is 1. The number of nitrogens with zero attached hydrogens (tertiary/aromatic N) is 1. The van der Waals surface area contributed by atoms with Crippen molar-refractivity contribution in [1.29, 1.82) is 0 Å². The van der Waals surface area contributed by atoms with Crippen LogP contribution in [0.5, 0.6) is 0 Å². The summed E-state index contributed by atoms with van der Waals surface area (Å²) in [4.78, 5) is 2.24. The SMILES string of the molecule is CCN(CC)CC#C[C@@H](C)OC[C@H](C)O. The van der Waals surface area contributed by atoms with Crippen LogP contribution in [-0.2, 0) is 4.74 Å². The van der Waals surface area contributed by atoms with Gasteiger partial charge in [0, 0.05) is 0 Å². The highest BCUT2D eigenvalue weighted by atomic mass is 16.5. The van der Waals surface area contributed by atoms with E-state index in [1.54, 1.807) is 6.92 Å². The van der Waals surface area contributed by atoms with Crippen LogP contribution in [0.4, 0.5) is 0 Å². The van der Waals surface area contributed by atoms with Gasteiger partial charge in [-0.1, -0.05) is 25.7 Å². The molecule has 3 nitrogen and oxygen atoms in total. The average Bonchev–Trinajstić information content (AvgIpc) is 2.21. The van der Waals surface area contributed by atoms with Crippen molar-refractivity contribution in [2.45, 2.75) is 39.9 Å². The normalized spacial score (nSPS) is 14.5. The minimum atomic E-state index is -0.419. The van der Waals surface area contributed by atoms with Gasteiger partial charge in [0.2, 0.25) is 0 Å². The molecule has 3 heteroatoms. The van der Waals surface area contributed by atoms with E-state index in [1.807, 2.05) is 6.92 Å². The van der Waals surface area contributed by atoms with Gasteiger partial charge in [-0.15, -0.1) is 0 Å². The van der Waals surface area contributed by atoms with Gasteiger partial charge >= 0.3 is 0 Å². The number of aliphatic hydroxyl groups is 1. The molecule has 2 atom stereocenters. The third-order valence-electron chi connectivity index (χ3n) is 2.09. The van der Waals surface area contributed by atoms with Crippen LogP contribution in [0.2, 0.25) is 0 Å². The number of hydrogen-bond acceptors (Lipinski definition) is 3. The Hall–Kier alpha value is -0.560. The second-order valence-electron chi connectivity index (χ2n) is 3.61. The topological polar surface area (TPSA) is 32.7 Å². The third kappa shape index (κ3) is 8.44. The molecule has 0 saturated heterocycles. The molecule has 0 bridgehead atoms. The second-order valence-corrected chi connectivity index (χ2v) is 3.61. The number of rotatable bonds is 6. The van der Waals surface area contributed by atoms with Crippen molar-refractivity contribution in [3.05, 3.63) is 0 Å². The van der Waals surface area contributed by atoms with Crippen molar-refractivity contribution in [2.24, 2.45) is 0 Å². The Bertz CT molecular complexity index is 201. The summed E-state index contributed by atoms with van der Waals surface area (Å²) in [6, 6.07) is 0. The molecule has 0 radical (unpaired) electrons. The molecular formula is C12H23NO2. The van der Waals surface area contributed by atoms with E-state index in [2.05, 4.69) is 30.6 Å². The summed E-state index contributed by atoms with van der Waals surface area (Å²) in [5.74, 6) is 6.09. The Labute approximate surface area is 93.4 Å². The minimum Gasteiger partial charge on any atom is -0.391 e. The Morgan fingerprint density at radius 3 is 2.33 bits per heavy atom. The molecule has 0 aromatic heterocycles. The van der Waals surface area contributed by atoms with E-state index in [0.29, 0.717) is 6.61 Å². The molecule has 0 aliphatic carbocycles. The summed E-state index contributed by atoms with van der Waals surface area (Å²) in [5.41, 5.74) is 0. The highest BCUT2D eigenvalue weighted by Gasteiger charge is 2.00. The van der Waals surface area contributed by atoms with Gasteiger partial charge in [0.1, 0.15) is 6.10 Å². The highest BCUT2D eigenvalue weighted by Crippen LogP contribution is 1.91. The molecule has 15 heavy (non-hydrogen) atoms. The highest BCUT2D eigenvalue weighted by molar-refractivity contribution is 5.05. The molecule has 0 aliphatic rings. The fourth-order valence-electron chi connectivity index (χ4n) is 1.07. The van der Waals surface area contributed by atoms with Crippen LogP contribution in [0.15, 0.2) is 0 Å². The summed E-state index contributed by atoms with van der Waals surface area (Å²) in [5, 5.41) is 9.01. The molecule has 0 spiro atoms. The first-order valence-electron chi connectivity index (χ1n) is 5.60. The zero-order valence-corrected chi connectivity index (χ0v) is 10.3. The first kappa shape index (κ1) is 14.4. The minimum absolute atomic E-state index is 0.102. The van der Waals surface area contributed by atoms with Crippen LogP contribution >= 0.6 is 0 Å². The van der Waals surface area contributed by atoms with Gasteiger partial charge in [0.25, 0.3) is 0 Å². The molecule has 0 aromatic carbocycles. The zero-order chi connectivity index (χ0) is 11.7. The number of ether oxygens (including phenoxy) is 1. The first-order chi connectivity index (χ1) is 7.10. The maximum Gasteiger partial charge on any atom is 0.115 e. The van der Waals surface area contributed by atoms with Crippen molar-refractivity contribution in [3.8, 4) is 11.8 Å². The van der Waals surface area contributed by atoms with Gasteiger partial charge in [-0.2, -0.15) is 0 Å². The summed E-state index contributed by atoms with van der Waals surface area (Å²) in [7, 11) is 0. The molecule has 0 unspecified atom stereocenters. The lowest BCUT2D eigenvalue weighted by Gasteiger charge is -2.13. The van der Waals surface area contributed by atoms with Gasteiger partial charge in [0.15, 0.2) is 0 Å². The molecule has 1 N–H and O–H groups in total. The van der Waals surface area contributed by atoms with Crippen molar-refractivity contribution in [1.82, 2.24) is 4.90 Å². The summed E-state index contributed by atoms with van der Waals surface area (Å²) >= 11 is 0. The maximum absolute atomic E-state index is 9.01. The summed E-state index contributed by atoms with van der Waals surface area (Å²) < 4.78 is 5.31. The van der Waals surface area contributed by atoms with Crippen molar-refractivity contribution >= 4 is 0 Å². The first-order valence-corrected chi connectivity index (χ1v) is 5.60. The standard InChI is InChI=1S/C12H23NO2/c1-5-13(6-2)9-7-8-12(4)15-10-11(3)14/h11-12,14H,5-6,9-10H2,1-4H3/t11-,12+/m0/s1. The van der Waals surface area contributed by atoms with Crippen LogP contribution in [0.3, 0.4) is 0 Å². The van der Waals surface area contributed by atoms with Crippen LogP contribution in [-0.4, -0.2) is 48.5 Å². The van der Waals surface area contributed by atoms with Crippen LogP contribution in [0.1, 0.15) is 27.7 Å². The largest absolute Gasteiger partial charge is 0.391 e. The van der Waals surface area contributed by atoms with Gasteiger partial charge in [-0.25, -0.2) is 0 Å². The Kier molecular flexibility index (Phi) is 8.40. The van der Waals surface area contributed by atoms with E-state index < -0.39 is 6.10 Å². The van der Waals surface area contributed by atoms with E-state index >= 15 is 0 Å². The molecule has 0 heterocycles. The molecule has 0 aromatic rings. The molecule has 0 saturated carbocycles. The van der Waals surface area contributed by atoms with Crippen LogP contribution in [0, 0.1) is 11.8 Å². The van der Waals surface area contributed by atoms with E-state index in [9.17, 15) is 0 Å². The molecule has 0 rings (SSSR count). The van der Waals surface area contributed by atoms with Crippen LogP contribution in [0.25, 0.3) is 0 Å². The fourth-order valence-corrected chi connectivity index (χ4v) is 1.07. The van der Waals surface area contributed by atoms with Crippen molar-refractivity contribution < 1.29 is 9.84 Å². The second kappa shape index (κ2) is 8.72. The fraction of sp³-hybridized carbons (Fsp3) is 0.833. The molecule has 0 fully saturated rings. The van der Waals surface area contributed by atoms with Crippen molar-refractivity contribution in [3.63, 3.8) is 0 Å². The molecule has 0 aliphatic heterocycles. The van der Waals surface area contributed by atoms with Gasteiger partial charge in [-0.3, -0.25) is 4.90 Å². The van der Waals surface area contributed by atoms with E-state index in [0.717, 1.165) is 19.6 Å². The van der Waals surface area contributed by atoms with Gasteiger partial charge in [0.05, 0.1) is 19.3 Å². The quantitative estimate of drug-likeness (QED) is 0.671. The number of hydrogen-bond donors (Lipinski definition) is 1. The monoisotopic (exact) mass is 213 g/mol. The Balaban J connectivity index is 3.74. The van der Waals surface area contributed by atoms with E-state index in [1.165, 1.54) is 0 Å². The van der Waals surface area contributed by atoms with Crippen molar-refractivity contribution in [2.75, 3.05) is 26.2 Å². The zero-order valence-electron chi connectivity index (χ0n) is 10.3. The third-order valence-corrected chi connectivity index (χ3v) is 2.09. The lowest BCUT2D eigenvalue weighted by atomic mass is 10.3. The molecular weight excluding hydrogens is 190 g/mol. The average molecular weight is 213 g/mol. The predicted octanol–water partition coefficient (Wildman–Crippen LogP) is 1.12. The van der Waals surface area contributed by atoms with Gasteiger partial charge in [-0.05, 0) is 26.9 Å². The maximum atomic E-state index is 9.01. The van der Waals surface area contributed by atoms with Gasteiger partial charge < -0.3 is 9.84 Å². The predicted molar refractivity (Wildman–Crippen MR) is 62.7 cm³/mol. The van der Waals surface area contributed by atoms with Crippen LogP contribution < -0.4 is 0 Å². The Morgan fingerprint density at radius 1 is 1.27 bits per heavy atom. The Morgan fingerprint density at radius 2 is 1.87 bits per heavy atom. The smallest absolute Gasteiger partial charge is 0.115 e. The van der Waals surface area contributed by atoms with E-state index in [-0.39, 0.29) is 6.10 Å². The summed E-state index contributed by atoms with van der Waals surface area (Å²) in [6.07, 6.45) is -0.521. The lowest BCUT2D eigenvalue weighted by molar-refractivity contribution is 0.0281. The lowest BCUT2D eigenvalue weighted by Crippen LogP contribution is -2.23. The molecule has 88 valence electrons. The molecule has 0 amide bonds.